The van der Waals surface area contributed by atoms with Gasteiger partial charge in [0, 0.05) is 23.8 Å². The largest absolute Gasteiger partial charge is 0.496 e. The number of methoxy groups -OCH3 is 2. The van der Waals surface area contributed by atoms with Gasteiger partial charge in [-0.1, -0.05) is 59.7 Å². The number of aliphatic hydroxyl groups is 1. The minimum atomic E-state index is 0.0276. The maximum atomic E-state index is 9.56. The average Bonchev–Trinajstić information content (AvgIpc) is 2.68. The Morgan fingerprint density at radius 1 is 0.778 bits per heavy atom. The first-order chi connectivity index (χ1) is 13.1. The normalized spacial score (nSPS) is 10.7. The fourth-order valence-electron chi connectivity index (χ4n) is 3.27. The summed E-state index contributed by atoms with van der Waals surface area (Å²) in [5.74, 6) is 1.42. The Morgan fingerprint density at radius 3 is 1.78 bits per heavy atom. The number of aliphatic hydroxyl groups excluding tert-OH is 1. The van der Waals surface area contributed by atoms with E-state index in [0.717, 1.165) is 33.6 Å². The lowest BCUT2D eigenvalue weighted by Gasteiger charge is -2.21. The molecule has 0 heterocycles. The molecule has 3 heteroatoms. The fraction of sp³-hybridized carbons (Fsp3) is 0.250. The molecule has 3 rings (SSSR count). The van der Waals surface area contributed by atoms with Gasteiger partial charge in [-0.2, -0.15) is 0 Å². The fourth-order valence-corrected chi connectivity index (χ4v) is 3.27. The van der Waals surface area contributed by atoms with Gasteiger partial charge in [0.15, 0.2) is 0 Å². The summed E-state index contributed by atoms with van der Waals surface area (Å²) in [6.07, 6.45) is 0.463. The van der Waals surface area contributed by atoms with Gasteiger partial charge in [0.1, 0.15) is 11.5 Å². The smallest absolute Gasteiger partial charge is 0.138 e. The highest BCUT2D eigenvalue weighted by atomic mass is 16.5. The molecule has 0 fully saturated rings. The molecule has 0 saturated heterocycles. The van der Waals surface area contributed by atoms with Crippen molar-refractivity contribution in [3.8, 4) is 33.8 Å². The molecule has 0 amide bonds. The highest BCUT2D eigenvalue weighted by Crippen LogP contribution is 2.46. The van der Waals surface area contributed by atoms with E-state index in [1.54, 1.807) is 14.2 Å². The van der Waals surface area contributed by atoms with Crippen LogP contribution in [-0.4, -0.2) is 25.9 Å². The summed E-state index contributed by atoms with van der Waals surface area (Å²) < 4.78 is 11.6. The van der Waals surface area contributed by atoms with Crippen LogP contribution in [0.5, 0.6) is 11.5 Å². The Hall–Kier alpha value is -2.78. The molecule has 0 atom stereocenters. The van der Waals surface area contributed by atoms with Gasteiger partial charge in [-0.3, -0.25) is 0 Å². The van der Waals surface area contributed by atoms with E-state index >= 15 is 0 Å². The van der Waals surface area contributed by atoms with Crippen molar-refractivity contribution >= 4 is 0 Å². The van der Waals surface area contributed by atoms with Gasteiger partial charge in [-0.25, -0.2) is 0 Å². The van der Waals surface area contributed by atoms with Crippen molar-refractivity contribution in [2.24, 2.45) is 0 Å². The van der Waals surface area contributed by atoms with Crippen LogP contribution in [0.2, 0.25) is 0 Å². The van der Waals surface area contributed by atoms with Crippen molar-refractivity contribution < 1.29 is 14.6 Å². The van der Waals surface area contributed by atoms with Gasteiger partial charge in [0.25, 0.3) is 0 Å². The SMILES string of the molecule is COc1c(CCO)[c]c(-c2ccc(C)cc2)c(OC)c1-c1ccc(C)cc1. The van der Waals surface area contributed by atoms with Crippen molar-refractivity contribution in [3.05, 3.63) is 71.3 Å². The Kier molecular flexibility index (Phi) is 5.82. The first-order valence-electron chi connectivity index (χ1n) is 9.04. The van der Waals surface area contributed by atoms with E-state index in [1.165, 1.54) is 11.1 Å². The predicted molar refractivity (Wildman–Crippen MR) is 110 cm³/mol. The number of hydrogen-bond acceptors (Lipinski definition) is 3. The molecule has 3 aromatic carbocycles. The third-order valence-electron chi connectivity index (χ3n) is 4.68. The molecule has 27 heavy (non-hydrogen) atoms. The highest BCUT2D eigenvalue weighted by molar-refractivity contribution is 5.87. The van der Waals surface area contributed by atoms with Crippen LogP contribution in [0.1, 0.15) is 16.7 Å². The summed E-state index contributed by atoms with van der Waals surface area (Å²) in [7, 11) is 3.32. The summed E-state index contributed by atoms with van der Waals surface area (Å²) >= 11 is 0. The maximum absolute atomic E-state index is 9.56. The second kappa shape index (κ2) is 8.28. The zero-order valence-corrected chi connectivity index (χ0v) is 16.3. The van der Waals surface area contributed by atoms with E-state index in [1.807, 2.05) is 0 Å². The number of hydrogen-bond donors (Lipinski definition) is 1. The van der Waals surface area contributed by atoms with Gasteiger partial charge in [0.05, 0.1) is 19.8 Å². The van der Waals surface area contributed by atoms with Crippen LogP contribution in [0.25, 0.3) is 22.3 Å². The summed E-state index contributed by atoms with van der Waals surface area (Å²) in [5.41, 5.74) is 7.01. The van der Waals surface area contributed by atoms with Crippen LogP contribution < -0.4 is 9.47 Å². The molecule has 3 aromatic rings. The Labute approximate surface area is 161 Å². The lowest BCUT2D eigenvalue weighted by molar-refractivity contribution is 0.296. The summed E-state index contributed by atoms with van der Waals surface area (Å²) in [6, 6.07) is 20.0. The van der Waals surface area contributed by atoms with E-state index in [-0.39, 0.29) is 6.61 Å². The number of ether oxygens (including phenoxy) is 2. The number of rotatable bonds is 6. The van der Waals surface area contributed by atoms with Gasteiger partial charge in [-0.15, -0.1) is 0 Å². The van der Waals surface area contributed by atoms with Crippen molar-refractivity contribution in [2.45, 2.75) is 20.3 Å². The van der Waals surface area contributed by atoms with Crippen molar-refractivity contribution in [1.82, 2.24) is 0 Å². The van der Waals surface area contributed by atoms with Crippen LogP contribution >= 0.6 is 0 Å². The predicted octanol–water partition coefficient (Wildman–Crippen LogP) is 4.99. The molecule has 0 aromatic heterocycles. The summed E-state index contributed by atoms with van der Waals surface area (Å²) in [4.78, 5) is 0. The summed E-state index contributed by atoms with van der Waals surface area (Å²) in [6.45, 7) is 4.15. The van der Waals surface area contributed by atoms with E-state index < -0.39 is 0 Å². The van der Waals surface area contributed by atoms with E-state index in [0.29, 0.717) is 12.2 Å². The van der Waals surface area contributed by atoms with Crippen molar-refractivity contribution in [1.29, 1.82) is 0 Å². The molecular formula is C24H25O3. The second-order valence-electron chi connectivity index (χ2n) is 6.63. The van der Waals surface area contributed by atoms with Gasteiger partial charge in [0.2, 0.25) is 0 Å². The molecule has 0 spiro atoms. The van der Waals surface area contributed by atoms with Crippen molar-refractivity contribution in [2.75, 3.05) is 20.8 Å². The molecule has 1 N–H and O–H groups in total. The van der Waals surface area contributed by atoms with E-state index in [2.05, 4.69) is 68.4 Å². The highest BCUT2D eigenvalue weighted by Gasteiger charge is 2.22. The zero-order chi connectivity index (χ0) is 19.4. The van der Waals surface area contributed by atoms with Crippen LogP contribution in [0.3, 0.4) is 0 Å². The van der Waals surface area contributed by atoms with Crippen LogP contribution in [-0.2, 0) is 6.42 Å². The molecule has 0 aliphatic heterocycles. The first kappa shape index (κ1) is 19.0. The van der Waals surface area contributed by atoms with E-state index in [9.17, 15) is 5.11 Å². The number of aryl methyl sites for hydroxylation is 2. The minimum absolute atomic E-state index is 0.0276. The maximum Gasteiger partial charge on any atom is 0.138 e. The molecule has 0 bridgehead atoms. The number of benzene rings is 3. The van der Waals surface area contributed by atoms with Gasteiger partial charge in [-0.05, 0) is 31.4 Å². The Morgan fingerprint density at radius 2 is 1.30 bits per heavy atom. The monoisotopic (exact) mass is 361 g/mol. The van der Waals surface area contributed by atoms with E-state index in [4.69, 9.17) is 9.47 Å². The lowest BCUT2D eigenvalue weighted by Crippen LogP contribution is -2.03. The minimum Gasteiger partial charge on any atom is -0.496 e. The van der Waals surface area contributed by atoms with Crippen LogP contribution in [0.15, 0.2) is 48.5 Å². The van der Waals surface area contributed by atoms with Crippen LogP contribution in [0, 0.1) is 19.9 Å². The molecular weight excluding hydrogens is 336 g/mol. The van der Waals surface area contributed by atoms with Gasteiger partial charge >= 0.3 is 0 Å². The second-order valence-corrected chi connectivity index (χ2v) is 6.63. The van der Waals surface area contributed by atoms with Crippen molar-refractivity contribution in [3.63, 3.8) is 0 Å². The molecule has 0 aliphatic carbocycles. The lowest BCUT2D eigenvalue weighted by atomic mass is 9.91. The standard InChI is InChI=1S/C24H25O3/c1-16-5-9-18(10-6-16)21-15-20(13-14-25)23(26-3)22(24(21)27-4)19-11-7-17(2)8-12-19/h5-12,25H,13-14H2,1-4H3. The molecule has 139 valence electrons. The summed E-state index contributed by atoms with van der Waals surface area (Å²) in [5, 5.41) is 9.56. The third kappa shape index (κ3) is 3.83. The molecule has 0 saturated carbocycles. The molecule has 0 unspecified atom stereocenters. The average molecular weight is 361 g/mol. The van der Waals surface area contributed by atoms with Gasteiger partial charge < -0.3 is 14.6 Å². The Bertz CT molecular complexity index is 910. The molecule has 0 aliphatic rings. The van der Waals surface area contributed by atoms with Crippen LogP contribution in [0.4, 0.5) is 0 Å². The topological polar surface area (TPSA) is 38.7 Å². The third-order valence-corrected chi connectivity index (χ3v) is 4.68. The first-order valence-corrected chi connectivity index (χ1v) is 9.04. The molecule has 1 radical (unpaired) electrons. The zero-order valence-electron chi connectivity index (χ0n) is 16.3. The molecule has 3 nitrogen and oxygen atoms in total. The quantitative estimate of drug-likeness (QED) is 0.672. The Balaban J connectivity index is 2.34.